The third-order valence-electron chi connectivity index (χ3n) is 5.90. The highest BCUT2D eigenvalue weighted by Gasteiger charge is 2.16. The van der Waals surface area contributed by atoms with Gasteiger partial charge in [0.25, 0.3) is 5.91 Å². The number of hydrogen-bond acceptors (Lipinski definition) is 7. The molecule has 0 aliphatic carbocycles. The SMILES string of the molecule is COc1cc2c(cc1Oc1ccnc(C(=O)NCCCn3ccnc3)c1)nc(Nc1ccc(Cl)cc1)n2C. The van der Waals surface area contributed by atoms with Gasteiger partial charge in [-0.25, -0.2) is 9.97 Å². The summed E-state index contributed by atoms with van der Waals surface area (Å²) < 4.78 is 15.6. The van der Waals surface area contributed by atoms with Gasteiger partial charge in [-0.05, 0) is 36.8 Å². The Morgan fingerprint density at radius 2 is 1.92 bits per heavy atom. The second-order valence-electron chi connectivity index (χ2n) is 8.51. The van der Waals surface area contributed by atoms with Crippen molar-refractivity contribution in [3.63, 3.8) is 0 Å². The smallest absolute Gasteiger partial charge is 0.270 e. The highest BCUT2D eigenvalue weighted by Crippen LogP contribution is 2.36. The molecule has 3 heterocycles. The molecule has 0 radical (unpaired) electrons. The number of imidazole rings is 2. The Bertz CT molecular complexity index is 1550. The molecule has 0 saturated carbocycles. The molecule has 194 valence electrons. The zero-order valence-electron chi connectivity index (χ0n) is 20.9. The Balaban J connectivity index is 1.30. The molecule has 0 saturated heterocycles. The monoisotopic (exact) mass is 531 g/mol. The lowest BCUT2D eigenvalue weighted by Gasteiger charge is -2.12. The molecule has 5 rings (SSSR count). The maximum atomic E-state index is 12.6. The van der Waals surface area contributed by atoms with Gasteiger partial charge in [-0.1, -0.05) is 11.6 Å². The first-order chi connectivity index (χ1) is 18.5. The van der Waals surface area contributed by atoms with Gasteiger partial charge in [-0.3, -0.25) is 9.78 Å². The molecular formula is C27H26ClN7O3. The van der Waals surface area contributed by atoms with Crippen LogP contribution in [0.4, 0.5) is 11.6 Å². The first-order valence-corrected chi connectivity index (χ1v) is 12.3. The Kier molecular flexibility index (Phi) is 7.41. The number of pyridine rings is 1. The van der Waals surface area contributed by atoms with Crippen LogP contribution in [0.15, 0.2) is 73.4 Å². The van der Waals surface area contributed by atoms with Crippen molar-refractivity contribution >= 4 is 40.2 Å². The first kappa shape index (κ1) is 25.1. The molecule has 11 heteroatoms. The first-order valence-electron chi connectivity index (χ1n) is 11.9. The van der Waals surface area contributed by atoms with E-state index < -0.39 is 0 Å². The van der Waals surface area contributed by atoms with Gasteiger partial charge in [0.1, 0.15) is 11.4 Å². The van der Waals surface area contributed by atoms with Crippen LogP contribution >= 0.6 is 11.6 Å². The zero-order chi connectivity index (χ0) is 26.5. The minimum absolute atomic E-state index is 0.262. The largest absolute Gasteiger partial charge is 0.493 e. The van der Waals surface area contributed by atoms with Crippen LogP contribution in [0.25, 0.3) is 11.0 Å². The summed E-state index contributed by atoms with van der Waals surface area (Å²) in [5, 5.41) is 6.85. The predicted molar refractivity (Wildman–Crippen MR) is 145 cm³/mol. The summed E-state index contributed by atoms with van der Waals surface area (Å²) in [4.78, 5) is 25.5. The number of methoxy groups -OCH3 is 1. The van der Waals surface area contributed by atoms with E-state index in [2.05, 4.69) is 20.6 Å². The van der Waals surface area contributed by atoms with E-state index in [-0.39, 0.29) is 11.6 Å². The quantitative estimate of drug-likeness (QED) is 0.239. The van der Waals surface area contributed by atoms with E-state index in [0.29, 0.717) is 40.3 Å². The van der Waals surface area contributed by atoms with Gasteiger partial charge < -0.3 is 29.2 Å². The Morgan fingerprint density at radius 3 is 2.68 bits per heavy atom. The van der Waals surface area contributed by atoms with Crippen LogP contribution in [0.1, 0.15) is 16.9 Å². The Hall–Kier alpha value is -4.57. The summed E-state index contributed by atoms with van der Waals surface area (Å²) in [6.45, 7) is 1.28. The van der Waals surface area contributed by atoms with E-state index >= 15 is 0 Å². The molecule has 38 heavy (non-hydrogen) atoms. The number of nitrogens with one attached hydrogen (secondary N) is 2. The third kappa shape index (κ3) is 5.70. The molecule has 0 fully saturated rings. The summed E-state index contributed by atoms with van der Waals surface area (Å²) in [5.41, 5.74) is 2.69. The van der Waals surface area contributed by atoms with Gasteiger partial charge in [0, 0.05) is 67.6 Å². The normalized spacial score (nSPS) is 10.9. The van der Waals surface area contributed by atoms with Gasteiger partial charge in [0.2, 0.25) is 5.95 Å². The molecule has 1 amide bonds. The van der Waals surface area contributed by atoms with Crippen molar-refractivity contribution in [2.45, 2.75) is 13.0 Å². The van der Waals surface area contributed by atoms with E-state index in [1.54, 1.807) is 37.8 Å². The average molecular weight is 532 g/mol. The second-order valence-corrected chi connectivity index (χ2v) is 8.94. The van der Waals surface area contributed by atoms with Crippen LogP contribution in [0.2, 0.25) is 5.02 Å². The summed E-state index contributed by atoms with van der Waals surface area (Å²) in [5.74, 6) is 1.83. The Labute approximate surface area is 224 Å². The van der Waals surface area contributed by atoms with Crippen molar-refractivity contribution < 1.29 is 14.3 Å². The van der Waals surface area contributed by atoms with Crippen LogP contribution in [0.3, 0.4) is 0 Å². The van der Waals surface area contributed by atoms with E-state index in [1.165, 1.54) is 6.20 Å². The average Bonchev–Trinajstić information content (AvgIpc) is 3.55. The van der Waals surface area contributed by atoms with Crippen LogP contribution in [0, 0.1) is 0 Å². The number of aryl methyl sites for hydroxylation is 2. The van der Waals surface area contributed by atoms with E-state index in [1.807, 2.05) is 52.7 Å². The maximum Gasteiger partial charge on any atom is 0.270 e. The lowest BCUT2D eigenvalue weighted by molar-refractivity contribution is 0.0947. The number of anilines is 2. The van der Waals surface area contributed by atoms with Gasteiger partial charge in [0.05, 0.1) is 24.5 Å². The molecule has 0 atom stereocenters. The number of fused-ring (bicyclic) bond motifs is 1. The van der Waals surface area contributed by atoms with Gasteiger partial charge >= 0.3 is 0 Å². The molecule has 10 nitrogen and oxygen atoms in total. The van der Waals surface area contributed by atoms with Crippen molar-refractivity contribution in [1.29, 1.82) is 0 Å². The van der Waals surface area contributed by atoms with Gasteiger partial charge in [-0.2, -0.15) is 0 Å². The molecule has 2 aromatic carbocycles. The summed E-state index contributed by atoms with van der Waals surface area (Å²) in [6, 6.07) is 14.3. The highest BCUT2D eigenvalue weighted by molar-refractivity contribution is 6.30. The molecule has 0 aliphatic rings. The van der Waals surface area contributed by atoms with E-state index in [0.717, 1.165) is 24.2 Å². The highest BCUT2D eigenvalue weighted by atomic mass is 35.5. The van der Waals surface area contributed by atoms with E-state index in [9.17, 15) is 4.79 Å². The number of nitrogens with zero attached hydrogens (tertiary/aromatic N) is 5. The molecule has 0 unspecified atom stereocenters. The fourth-order valence-corrected chi connectivity index (χ4v) is 4.04. The minimum atomic E-state index is -0.272. The standard InChI is InChI=1S/C27H26ClN7O3/c1-34-23-16-24(37-2)25(15-21(23)33-27(34)32-19-6-4-18(28)5-7-19)38-20-8-10-30-22(14-20)26(36)31-9-3-12-35-13-11-29-17-35/h4-8,10-11,13-17H,3,9,12H2,1-2H3,(H,31,36)(H,32,33). The molecule has 0 aliphatic heterocycles. The van der Waals surface area contributed by atoms with Crippen LogP contribution < -0.4 is 20.1 Å². The number of benzene rings is 2. The van der Waals surface area contributed by atoms with Crippen molar-refractivity contribution in [2.75, 3.05) is 19.0 Å². The number of ether oxygens (including phenoxy) is 2. The van der Waals surface area contributed by atoms with Gasteiger partial charge in [-0.15, -0.1) is 0 Å². The van der Waals surface area contributed by atoms with Crippen LogP contribution in [-0.4, -0.2) is 43.6 Å². The topological polar surface area (TPSA) is 108 Å². The number of carbonyl (C=O) groups excluding carboxylic acids is 1. The Morgan fingerprint density at radius 1 is 1.08 bits per heavy atom. The number of halogens is 1. The fourth-order valence-electron chi connectivity index (χ4n) is 3.91. The van der Waals surface area contributed by atoms with Crippen molar-refractivity contribution in [2.24, 2.45) is 7.05 Å². The summed E-state index contributed by atoms with van der Waals surface area (Å²) in [6.07, 6.45) is 7.67. The second kappa shape index (κ2) is 11.2. The molecular weight excluding hydrogens is 506 g/mol. The predicted octanol–water partition coefficient (Wildman–Crippen LogP) is 5.18. The van der Waals surface area contributed by atoms with Crippen molar-refractivity contribution in [3.8, 4) is 17.2 Å². The van der Waals surface area contributed by atoms with Crippen LogP contribution in [0.5, 0.6) is 17.2 Å². The minimum Gasteiger partial charge on any atom is -0.493 e. The number of amides is 1. The lowest BCUT2D eigenvalue weighted by Crippen LogP contribution is -2.26. The van der Waals surface area contributed by atoms with Crippen molar-refractivity contribution in [3.05, 3.63) is 84.2 Å². The fraction of sp³-hybridized carbons (Fsp3) is 0.185. The van der Waals surface area contributed by atoms with Crippen LogP contribution in [-0.2, 0) is 13.6 Å². The van der Waals surface area contributed by atoms with Crippen molar-refractivity contribution in [1.82, 2.24) is 29.4 Å². The number of aromatic nitrogens is 5. The maximum absolute atomic E-state index is 12.6. The number of hydrogen-bond donors (Lipinski definition) is 2. The zero-order valence-corrected chi connectivity index (χ0v) is 21.6. The molecule has 3 aromatic heterocycles. The number of carbonyl (C=O) groups is 1. The molecule has 2 N–H and O–H groups in total. The third-order valence-corrected chi connectivity index (χ3v) is 6.15. The lowest BCUT2D eigenvalue weighted by atomic mass is 10.2. The molecule has 0 spiro atoms. The summed E-state index contributed by atoms with van der Waals surface area (Å²) in [7, 11) is 3.49. The number of rotatable bonds is 10. The molecule has 5 aromatic rings. The molecule has 0 bridgehead atoms. The van der Waals surface area contributed by atoms with Gasteiger partial charge in [0.15, 0.2) is 11.5 Å². The van der Waals surface area contributed by atoms with E-state index in [4.69, 9.17) is 26.1 Å². The summed E-state index contributed by atoms with van der Waals surface area (Å²) >= 11 is 6.00.